The highest BCUT2D eigenvalue weighted by Gasteiger charge is 2.25. The van der Waals surface area contributed by atoms with Gasteiger partial charge >= 0.3 is 0 Å². The summed E-state index contributed by atoms with van der Waals surface area (Å²) in [4.78, 5) is 12.7. The van der Waals surface area contributed by atoms with E-state index in [-0.39, 0.29) is 5.91 Å². The summed E-state index contributed by atoms with van der Waals surface area (Å²) in [5.74, 6) is 0.622. The van der Waals surface area contributed by atoms with Crippen LogP contribution in [0.5, 0.6) is 0 Å². The Kier molecular flexibility index (Phi) is 3.29. The molecule has 0 aromatic rings. The first-order valence-corrected chi connectivity index (χ1v) is 4.82. The molecule has 0 aliphatic carbocycles. The van der Waals surface area contributed by atoms with Crippen LogP contribution in [0.1, 0.15) is 6.42 Å². The van der Waals surface area contributed by atoms with Gasteiger partial charge in [0.15, 0.2) is 0 Å². The summed E-state index contributed by atoms with van der Waals surface area (Å²) in [6.07, 6.45) is 0.826. The summed E-state index contributed by atoms with van der Waals surface area (Å²) in [6.45, 7) is 1.29. The fourth-order valence-corrected chi connectivity index (χ4v) is 1.97. The predicted molar refractivity (Wildman–Crippen MR) is 50.4 cm³/mol. The minimum Gasteiger partial charge on any atom is -0.330 e. The average Bonchev–Trinajstić information content (AvgIpc) is 2.29. The zero-order valence-electron chi connectivity index (χ0n) is 6.08. The highest BCUT2D eigenvalue weighted by atomic mass is 32.2. The maximum atomic E-state index is 11.1. The molecule has 5 heteroatoms. The maximum Gasteiger partial charge on any atom is 0.238 e. The van der Waals surface area contributed by atoms with Crippen LogP contribution in [0, 0.1) is 0 Å². The summed E-state index contributed by atoms with van der Waals surface area (Å²) < 4.78 is 0.698. The van der Waals surface area contributed by atoms with E-state index in [1.807, 2.05) is 0 Å². The van der Waals surface area contributed by atoms with Crippen molar-refractivity contribution in [3.8, 4) is 0 Å². The molecule has 1 aliphatic heterocycles. The molecule has 0 radical (unpaired) electrons. The number of nitrogens with two attached hydrogens (primary N) is 1. The first-order valence-electron chi connectivity index (χ1n) is 3.43. The van der Waals surface area contributed by atoms with Gasteiger partial charge in [0.05, 0.1) is 5.75 Å². The zero-order valence-corrected chi connectivity index (χ0v) is 7.71. The van der Waals surface area contributed by atoms with Crippen molar-refractivity contribution in [2.24, 2.45) is 5.73 Å². The zero-order chi connectivity index (χ0) is 8.27. The quantitative estimate of drug-likeness (QED) is 0.646. The molecule has 0 aromatic heterocycles. The van der Waals surface area contributed by atoms with Crippen molar-refractivity contribution in [2.75, 3.05) is 18.8 Å². The highest BCUT2D eigenvalue weighted by molar-refractivity contribution is 8.23. The highest BCUT2D eigenvalue weighted by Crippen LogP contribution is 2.18. The molecule has 1 rings (SSSR count). The van der Waals surface area contributed by atoms with Gasteiger partial charge < -0.3 is 5.73 Å². The number of carbonyl (C=O) groups is 1. The lowest BCUT2D eigenvalue weighted by Crippen LogP contribution is -2.30. The van der Waals surface area contributed by atoms with Crippen molar-refractivity contribution in [3.05, 3.63) is 0 Å². The van der Waals surface area contributed by atoms with Crippen LogP contribution in [-0.4, -0.2) is 34.0 Å². The van der Waals surface area contributed by atoms with Gasteiger partial charge in [-0.3, -0.25) is 9.69 Å². The van der Waals surface area contributed by atoms with Crippen molar-refractivity contribution in [1.29, 1.82) is 0 Å². The Labute approximate surface area is 75.3 Å². The lowest BCUT2D eigenvalue weighted by Gasteiger charge is -2.13. The number of hydrogen-bond acceptors (Lipinski definition) is 4. The third-order valence-electron chi connectivity index (χ3n) is 1.43. The van der Waals surface area contributed by atoms with Gasteiger partial charge in [-0.05, 0) is 13.0 Å². The van der Waals surface area contributed by atoms with Gasteiger partial charge in [-0.25, -0.2) is 0 Å². The molecule has 1 fully saturated rings. The molecule has 0 unspecified atom stereocenters. The van der Waals surface area contributed by atoms with Crippen LogP contribution < -0.4 is 5.73 Å². The molecule has 62 valence electrons. The Balaban J connectivity index is 2.41. The van der Waals surface area contributed by atoms with Crippen molar-refractivity contribution in [3.63, 3.8) is 0 Å². The number of thiocarbonyl (C=S) groups is 1. The van der Waals surface area contributed by atoms with Gasteiger partial charge in [0.25, 0.3) is 0 Å². The van der Waals surface area contributed by atoms with Crippen LogP contribution in [0.25, 0.3) is 0 Å². The van der Waals surface area contributed by atoms with E-state index in [9.17, 15) is 4.79 Å². The van der Waals surface area contributed by atoms with Gasteiger partial charge in [0.2, 0.25) is 5.91 Å². The van der Waals surface area contributed by atoms with E-state index >= 15 is 0 Å². The Morgan fingerprint density at radius 3 is 2.91 bits per heavy atom. The Bertz CT molecular complexity index is 167. The second-order valence-corrected chi connectivity index (χ2v) is 3.85. The monoisotopic (exact) mass is 190 g/mol. The second kappa shape index (κ2) is 4.04. The molecular formula is C6H10N2OS2. The smallest absolute Gasteiger partial charge is 0.238 e. The molecule has 2 N–H and O–H groups in total. The summed E-state index contributed by atoms with van der Waals surface area (Å²) in [6, 6.07) is 0. The van der Waals surface area contributed by atoms with Crippen molar-refractivity contribution in [2.45, 2.75) is 6.42 Å². The van der Waals surface area contributed by atoms with Crippen LogP contribution in [0.4, 0.5) is 0 Å². The molecule has 0 saturated carbocycles. The number of rotatable bonds is 3. The largest absolute Gasteiger partial charge is 0.330 e. The number of thioether (sulfide) groups is 1. The fraction of sp³-hybridized carbons (Fsp3) is 0.667. The van der Waals surface area contributed by atoms with E-state index in [0.717, 1.165) is 6.42 Å². The van der Waals surface area contributed by atoms with Crippen LogP contribution in [0.3, 0.4) is 0 Å². The SMILES string of the molecule is NCCCN1C(=O)CSC1=S. The van der Waals surface area contributed by atoms with Gasteiger partial charge in [0, 0.05) is 6.54 Å². The normalized spacial score (nSPS) is 18.1. The van der Waals surface area contributed by atoms with E-state index in [1.165, 1.54) is 11.8 Å². The summed E-state index contributed by atoms with van der Waals surface area (Å²) >= 11 is 6.39. The van der Waals surface area contributed by atoms with E-state index in [1.54, 1.807) is 4.90 Å². The van der Waals surface area contributed by atoms with Crippen LogP contribution >= 0.6 is 24.0 Å². The first kappa shape index (κ1) is 8.96. The van der Waals surface area contributed by atoms with Crippen molar-refractivity contribution in [1.82, 2.24) is 4.90 Å². The van der Waals surface area contributed by atoms with Crippen LogP contribution in [0.15, 0.2) is 0 Å². The topological polar surface area (TPSA) is 46.3 Å². The molecule has 1 amide bonds. The lowest BCUT2D eigenvalue weighted by atomic mass is 10.4. The average molecular weight is 190 g/mol. The van der Waals surface area contributed by atoms with Crippen LogP contribution in [-0.2, 0) is 4.79 Å². The number of amides is 1. The third-order valence-corrected chi connectivity index (χ3v) is 2.86. The number of hydrogen-bond donors (Lipinski definition) is 1. The minimum absolute atomic E-state index is 0.119. The summed E-state index contributed by atoms with van der Waals surface area (Å²) in [5.41, 5.74) is 5.31. The Morgan fingerprint density at radius 1 is 1.73 bits per heavy atom. The molecule has 0 aromatic carbocycles. The van der Waals surface area contributed by atoms with Gasteiger partial charge in [-0.1, -0.05) is 24.0 Å². The molecule has 1 saturated heterocycles. The summed E-state index contributed by atoms with van der Waals surface area (Å²) in [5, 5.41) is 0. The maximum absolute atomic E-state index is 11.1. The van der Waals surface area contributed by atoms with Gasteiger partial charge in [-0.2, -0.15) is 0 Å². The molecule has 1 heterocycles. The first-order chi connectivity index (χ1) is 5.25. The fourth-order valence-electron chi connectivity index (χ4n) is 0.847. The standard InChI is InChI=1S/C6H10N2OS2/c7-2-1-3-8-5(9)4-11-6(8)10/h1-4,7H2. The van der Waals surface area contributed by atoms with Crippen molar-refractivity contribution >= 4 is 34.2 Å². The van der Waals surface area contributed by atoms with Gasteiger partial charge in [-0.15, -0.1) is 0 Å². The third kappa shape index (κ3) is 2.15. The minimum atomic E-state index is 0.119. The van der Waals surface area contributed by atoms with Crippen LogP contribution in [0.2, 0.25) is 0 Å². The lowest BCUT2D eigenvalue weighted by molar-refractivity contribution is -0.124. The van der Waals surface area contributed by atoms with Gasteiger partial charge in [0.1, 0.15) is 4.32 Å². The molecule has 0 bridgehead atoms. The second-order valence-electron chi connectivity index (χ2n) is 2.24. The summed E-state index contributed by atoms with van der Waals surface area (Å²) in [7, 11) is 0. The number of carbonyl (C=O) groups excluding carboxylic acids is 1. The molecular weight excluding hydrogens is 180 g/mol. The molecule has 11 heavy (non-hydrogen) atoms. The molecule has 0 spiro atoms. The Hall–Kier alpha value is -0.130. The van der Waals surface area contributed by atoms with Crippen molar-refractivity contribution < 1.29 is 4.79 Å². The Morgan fingerprint density at radius 2 is 2.45 bits per heavy atom. The van der Waals surface area contributed by atoms with E-state index < -0.39 is 0 Å². The van der Waals surface area contributed by atoms with E-state index in [4.69, 9.17) is 18.0 Å². The van der Waals surface area contributed by atoms with E-state index in [0.29, 0.717) is 23.2 Å². The van der Waals surface area contributed by atoms with E-state index in [2.05, 4.69) is 0 Å². The predicted octanol–water partition coefficient (Wildman–Crippen LogP) is 0.196. The molecule has 3 nitrogen and oxygen atoms in total. The number of nitrogens with zero attached hydrogens (tertiary/aromatic N) is 1. The molecule has 0 atom stereocenters. The molecule has 1 aliphatic rings.